The molecule has 8 atom stereocenters. The second kappa shape index (κ2) is 21.3. The number of allylic oxidation sites excluding steroid dienone is 1. The number of hydrogen-bond acceptors (Lipinski definition) is 21. The van der Waals surface area contributed by atoms with Gasteiger partial charge in [0.1, 0.15) is 42.0 Å². The topological polar surface area (TPSA) is 436 Å². The standard InChI is InChI=1S/C32H48N9O19P3S/c1-32(2,25(44)29(46)36-8-7-20(42)35-9-10-64-31(47)17(33)11-16-5-3-4-6-18-21(16)28(45)40-58-18)13-56-63(53,54)60-62(51,52)55-12-19-24(59-61(48,49)50)23(43)30(57-19)41-15-39-22-26(34)37-14-38-27(22)41/h5,14-15,17,19,23-25,30,43-44H,3-4,6-13,33H2,1-2H3,(H,35,42)(H,36,46)(H,40,45)(H,51,52)(H,53,54)(H2,34,37,38)(H2,48,49,50)/t17-,19?,23?,24?,25?,30?/m0/s1. The van der Waals surface area contributed by atoms with E-state index in [9.17, 15) is 62.7 Å². The highest BCUT2D eigenvalue weighted by Crippen LogP contribution is 2.61. The lowest BCUT2D eigenvalue weighted by Crippen LogP contribution is -2.46. The fraction of sp³-hybridized carbons (Fsp3) is 0.594. The number of hydrogen-bond donors (Lipinski definition) is 11. The fourth-order valence-corrected chi connectivity index (χ4v) is 9.90. The molecule has 32 heteroatoms. The number of phosphoric acid groups is 3. The molecule has 2 amide bonds. The fourth-order valence-electron chi connectivity index (χ4n) is 6.37. The van der Waals surface area contributed by atoms with Crippen LogP contribution >= 0.6 is 35.2 Å². The van der Waals surface area contributed by atoms with E-state index >= 15 is 0 Å². The summed E-state index contributed by atoms with van der Waals surface area (Å²) in [5.41, 5.74) is 11.0. The van der Waals surface area contributed by atoms with Crippen LogP contribution in [0.15, 0.2) is 28.0 Å². The maximum atomic E-state index is 12.7. The lowest BCUT2D eigenvalue weighted by molar-refractivity contribution is -0.137. The number of aromatic nitrogens is 5. The number of fused-ring (bicyclic) bond motifs is 2. The Morgan fingerprint density at radius 3 is 2.53 bits per heavy atom. The minimum atomic E-state index is -5.60. The minimum Gasteiger partial charge on any atom is -0.386 e. The third-order valence-electron chi connectivity index (χ3n) is 9.58. The van der Waals surface area contributed by atoms with Gasteiger partial charge >= 0.3 is 23.5 Å². The molecule has 5 rings (SSSR count). The predicted molar refractivity (Wildman–Crippen MR) is 220 cm³/mol. The van der Waals surface area contributed by atoms with Gasteiger partial charge in [0, 0.05) is 37.1 Å². The van der Waals surface area contributed by atoms with E-state index in [1.54, 1.807) is 0 Å². The largest absolute Gasteiger partial charge is 0.481 e. The third-order valence-corrected chi connectivity index (χ3v) is 13.7. The number of phosphoric ester groups is 3. The van der Waals surface area contributed by atoms with Gasteiger partial charge in [-0.1, -0.05) is 31.7 Å². The monoisotopic (exact) mass is 987 g/mol. The number of aliphatic hydroxyl groups excluding tert-OH is 2. The average molecular weight is 988 g/mol. The number of aromatic amines is 1. The van der Waals surface area contributed by atoms with Gasteiger partial charge in [-0.05, 0) is 24.8 Å². The number of nitrogens with two attached hydrogens (primary N) is 2. The van der Waals surface area contributed by atoms with Gasteiger partial charge in [-0.15, -0.1) is 0 Å². The van der Waals surface area contributed by atoms with Crippen molar-refractivity contribution in [3.8, 4) is 0 Å². The van der Waals surface area contributed by atoms with Gasteiger partial charge < -0.3 is 61.1 Å². The Labute approximate surface area is 366 Å². The number of imidazole rings is 1. The van der Waals surface area contributed by atoms with Crippen molar-refractivity contribution in [1.82, 2.24) is 35.3 Å². The number of H-pyrrole nitrogens is 1. The first-order valence-electron chi connectivity index (χ1n) is 19.1. The Balaban J connectivity index is 1.02. The maximum Gasteiger partial charge on any atom is 0.481 e. The van der Waals surface area contributed by atoms with Gasteiger partial charge in [-0.3, -0.25) is 37.3 Å². The van der Waals surface area contributed by atoms with Crippen molar-refractivity contribution in [2.24, 2.45) is 11.1 Å². The summed E-state index contributed by atoms with van der Waals surface area (Å²) in [5, 5.41) is 28.4. The third kappa shape index (κ3) is 13.7. The summed E-state index contributed by atoms with van der Waals surface area (Å²) >= 11 is 0.898. The normalized spacial score (nSPS) is 22.1. The summed E-state index contributed by atoms with van der Waals surface area (Å²) in [6.45, 7) is 0.222. The van der Waals surface area contributed by atoms with Crippen LogP contribution < -0.4 is 27.7 Å². The molecule has 0 bridgehead atoms. The van der Waals surface area contributed by atoms with Crippen LogP contribution in [0.25, 0.3) is 16.7 Å². The number of amides is 2. The van der Waals surface area contributed by atoms with Crippen LogP contribution in [0.3, 0.4) is 0 Å². The summed E-state index contributed by atoms with van der Waals surface area (Å²) in [6, 6.07) is -0.913. The Bertz CT molecular complexity index is 2410. The van der Waals surface area contributed by atoms with E-state index in [1.807, 2.05) is 6.08 Å². The van der Waals surface area contributed by atoms with Crippen molar-refractivity contribution in [2.45, 2.75) is 82.6 Å². The zero-order chi connectivity index (χ0) is 47.2. The van der Waals surface area contributed by atoms with E-state index in [-0.39, 0.29) is 59.3 Å². The highest BCUT2D eigenvalue weighted by molar-refractivity contribution is 8.13. The van der Waals surface area contributed by atoms with Crippen LogP contribution in [0.2, 0.25) is 0 Å². The molecule has 0 radical (unpaired) electrons. The number of aliphatic hydroxyl groups is 2. The SMILES string of the molecule is CC(C)(COP(=O)(O)OP(=O)(O)OCC1OC(n2cnc3c(N)ncnc32)C(O)C1OP(=O)(O)O)C(O)C(=O)NCCC(=O)NCCSC(=O)[C@@H](N)CC1=CCCCc2o[nH]c(=O)c21. The molecule has 13 N–H and O–H groups in total. The summed E-state index contributed by atoms with van der Waals surface area (Å²) in [6.07, 6.45) is -3.05. The van der Waals surface area contributed by atoms with Crippen molar-refractivity contribution < 1.29 is 85.0 Å². The molecule has 28 nitrogen and oxygen atoms in total. The van der Waals surface area contributed by atoms with Crippen LogP contribution in [0.4, 0.5) is 5.82 Å². The molecular weight excluding hydrogens is 939 g/mol. The molecule has 0 aromatic carbocycles. The number of aryl methyl sites for hydroxylation is 1. The molecule has 356 valence electrons. The predicted octanol–water partition coefficient (Wildman–Crippen LogP) is -0.917. The summed E-state index contributed by atoms with van der Waals surface area (Å²) in [7, 11) is -16.5. The average Bonchev–Trinajstić information content (AvgIpc) is 3.84. The number of anilines is 1. The number of nitrogen functional groups attached to an aromatic ring is 1. The highest BCUT2D eigenvalue weighted by Gasteiger charge is 2.50. The van der Waals surface area contributed by atoms with Crippen LogP contribution in [0.1, 0.15) is 57.1 Å². The molecule has 1 aliphatic carbocycles. The van der Waals surface area contributed by atoms with Gasteiger partial charge in [0.05, 0.1) is 31.1 Å². The molecule has 4 heterocycles. The molecule has 2 aliphatic rings. The first-order chi connectivity index (χ1) is 29.9. The number of nitrogens with zero attached hydrogens (tertiary/aromatic N) is 4. The highest BCUT2D eigenvalue weighted by atomic mass is 32.2. The zero-order valence-corrected chi connectivity index (χ0v) is 37.5. The molecule has 64 heavy (non-hydrogen) atoms. The molecule has 1 fully saturated rings. The van der Waals surface area contributed by atoms with Gasteiger partial charge in [-0.25, -0.2) is 28.6 Å². The number of rotatable bonds is 22. The molecule has 1 aliphatic heterocycles. The van der Waals surface area contributed by atoms with E-state index in [1.165, 1.54) is 13.8 Å². The van der Waals surface area contributed by atoms with E-state index in [2.05, 4.69) is 39.6 Å². The lowest BCUT2D eigenvalue weighted by atomic mass is 9.87. The van der Waals surface area contributed by atoms with Crippen molar-refractivity contribution >= 4 is 74.7 Å². The van der Waals surface area contributed by atoms with Gasteiger partial charge in [0.25, 0.3) is 5.56 Å². The number of thioether (sulfide) groups is 1. The minimum absolute atomic E-state index is 0.0201. The Hall–Kier alpha value is -3.73. The van der Waals surface area contributed by atoms with Crippen molar-refractivity contribution in [3.05, 3.63) is 40.4 Å². The van der Waals surface area contributed by atoms with Crippen molar-refractivity contribution in [1.29, 1.82) is 0 Å². The number of nitrogens with one attached hydrogen (secondary N) is 3. The summed E-state index contributed by atoms with van der Waals surface area (Å²) < 4.78 is 67.5. The van der Waals surface area contributed by atoms with Gasteiger partial charge in [-0.2, -0.15) is 9.47 Å². The molecule has 0 spiro atoms. The Morgan fingerprint density at radius 2 is 1.81 bits per heavy atom. The first-order valence-corrected chi connectivity index (χ1v) is 24.6. The molecule has 1 saturated heterocycles. The molecule has 0 saturated carbocycles. The van der Waals surface area contributed by atoms with E-state index in [4.69, 9.17) is 29.8 Å². The summed E-state index contributed by atoms with van der Waals surface area (Å²) in [5.74, 6) is -0.876. The number of ether oxygens (including phenoxy) is 1. The van der Waals surface area contributed by atoms with Crippen LogP contribution in [0.5, 0.6) is 0 Å². The van der Waals surface area contributed by atoms with Gasteiger partial charge in [0.2, 0.25) is 16.9 Å². The van der Waals surface area contributed by atoms with Crippen molar-refractivity contribution in [3.63, 3.8) is 0 Å². The zero-order valence-electron chi connectivity index (χ0n) is 34.0. The van der Waals surface area contributed by atoms with Crippen LogP contribution in [-0.2, 0) is 57.1 Å². The lowest BCUT2D eigenvalue weighted by Gasteiger charge is -2.30. The van der Waals surface area contributed by atoms with Crippen molar-refractivity contribution in [2.75, 3.05) is 37.8 Å². The summed E-state index contributed by atoms with van der Waals surface area (Å²) in [4.78, 5) is 101. The molecule has 3 aromatic heterocycles. The molecule has 3 aromatic rings. The second-order valence-electron chi connectivity index (χ2n) is 15.0. The van der Waals surface area contributed by atoms with E-state index in [0.29, 0.717) is 29.7 Å². The van der Waals surface area contributed by atoms with E-state index < -0.39 is 90.6 Å². The Kier molecular flexibility index (Phi) is 17.0. The number of carbonyl (C=O) groups excluding carboxylic acids is 3. The number of carbonyl (C=O) groups is 3. The second-order valence-corrected chi connectivity index (χ2v) is 20.3. The Morgan fingerprint density at radius 1 is 1.09 bits per heavy atom. The van der Waals surface area contributed by atoms with Crippen LogP contribution in [0, 0.1) is 5.41 Å². The quantitative estimate of drug-likeness (QED) is 0.0428. The van der Waals surface area contributed by atoms with Gasteiger partial charge in [0.15, 0.2) is 17.7 Å². The maximum absolute atomic E-state index is 12.7. The van der Waals surface area contributed by atoms with E-state index in [0.717, 1.165) is 35.4 Å². The van der Waals surface area contributed by atoms with Crippen LogP contribution in [-0.4, -0.2) is 134 Å². The first kappa shape index (κ1) is 51.3. The molecular formula is C32H48N9O19P3S. The smallest absolute Gasteiger partial charge is 0.386 e. The molecule has 7 unspecified atom stereocenters.